The van der Waals surface area contributed by atoms with E-state index in [2.05, 4.69) is 187 Å². The Kier molecular flexibility index (Phi) is 7.78. The van der Waals surface area contributed by atoms with Crippen molar-refractivity contribution < 1.29 is 0 Å². The molecule has 0 aliphatic rings. The van der Waals surface area contributed by atoms with Crippen molar-refractivity contribution in [1.29, 1.82) is 0 Å². The van der Waals surface area contributed by atoms with Gasteiger partial charge in [-0.1, -0.05) is 176 Å². The Hall–Kier alpha value is -7.69. The minimum Gasteiger partial charge on any atom is -0.308 e. The van der Waals surface area contributed by atoms with Gasteiger partial charge in [-0.2, -0.15) is 0 Å². The van der Waals surface area contributed by atoms with Gasteiger partial charge in [0.1, 0.15) is 0 Å². The van der Waals surface area contributed by atoms with Crippen LogP contribution in [-0.4, -0.2) is 19.5 Å². The summed E-state index contributed by atoms with van der Waals surface area (Å²) in [6.45, 7) is 0. The molecular formula is C53H34N4. The molecule has 2 heterocycles. The topological polar surface area (TPSA) is 43.6 Å². The lowest BCUT2D eigenvalue weighted by atomic mass is 10.00. The molecule has 0 bridgehead atoms. The van der Waals surface area contributed by atoms with Crippen LogP contribution >= 0.6 is 0 Å². The molecule has 0 atom stereocenters. The molecular weight excluding hydrogens is 693 g/mol. The van der Waals surface area contributed by atoms with E-state index in [1.54, 1.807) is 0 Å². The van der Waals surface area contributed by atoms with Gasteiger partial charge in [-0.15, -0.1) is 0 Å². The molecule has 0 radical (unpaired) electrons. The van der Waals surface area contributed by atoms with Crippen LogP contribution in [0.5, 0.6) is 0 Å². The van der Waals surface area contributed by atoms with E-state index in [1.807, 2.05) is 24.3 Å². The number of nitrogens with zero attached hydrogens (tertiary/aromatic N) is 4. The zero-order valence-corrected chi connectivity index (χ0v) is 30.9. The summed E-state index contributed by atoms with van der Waals surface area (Å²) in [7, 11) is 0. The van der Waals surface area contributed by atoms with Crippen molar-refractivity contribution in [3.05, 3.63) is 206 Å². The summed E-state index contributed by atoms with van der Waals surface area (Å²) in [6, 6.07) is 72.8. The van der Waals surface area contributed by atoms with Gasteiger partial charge in [0.05, 0.1) is 16.7 Å². The summed E-state index contributed by atoms with van der Waals surface area (Å²) < 4.78 is 2.42. The summed E-state index contributed by atoms with van der Waals surface area (Å²) in [5.74, 6) is 1.85. The average molecular weight is 727 g/mol. The van der Waals surface area contributed by atoms with Gasteiger partial charge in [0.15, 0.2) is 17.5 Å². The zero-order valence-electron chi connectivity index (χ0n) is 30.9. The standard InChI is InChI=1S/C53H34N4/c1-4-15-35(16-5-1)40-23-14-24-42(33-40)52-54-51(39-21-8-3-9-22-39)55-53(56-52)45-30-27-41(36-17-6-2-7-18-36)34-48(45)57-46-31-28-37-19-10-12-25-43(37)49(46)50-44-26-13-11-20-38(44)29-32-47(50)57/h1-34H. The Morgan fingerprint density at radius 2 is 0.754 bits per heavy atom. The van der Waals surface area contributed by atoms with Gasteiger partial charge in [-0.05, 0) is 74.1 Å². The van der Waals surface area contributed by atoms with Crippen LogP contribution in [0.25, 0.3) is 105 Å². The van der Waals surface area contributed by atoms with E-state index in [0.29, 0.717) is 17.5 Å². The second-order valence-corrected chi connectivity index (χ2v) is 14.4. The van der Waals surface area contributed by atoms with E-state index in [0.717, 1.165) is 55.7 Å². The second-order valence-electron chi connectivity index (χ2n) is 14.4. The minimum atomic E-state index is 0.607. The third-order valence-corrected chi connectivity index (χ3v) is 11.0. The van der Waals surface area contributed by atoms with Crippen LogP contribution < -0.4 is 0 Å². The molecule has 0 fully saturated rings. The lowest BCUT2D eigenvalue weighted by molar-refractivity contribution is 1.06. The van der Waals surface area contributed by atoms with Crippen molar-refractivity contribution in [1.82, 2.24) is 19.5 Å². The van der Waals surface area contributed by atoms with Crippen molar-refractivity contribution in [2.24, 2.45) is 0 Å². The fraction of sp³-hybridized carbons (Fsp3) is 0. The second kappa shape index (κ2) is 13.6. The molecule has 0 N–H and O–H groups in total. The normalized spacial score (nSPS) is 11.5. The smallest absolute Gasteiger partial charge is 0.166 e. The lowest BCUT2D eigenvalue weighted by Crippen LogP contribution is -2.04. The van der Waals surface area contributed by atoms with Crippen LogP contribution in [0.4, 0.5) is 0 Å². The Balaban J connectivity index is 1.23. The number of fused-ring (bicyclic) bond motifs is 7. The molecule has 0 spiro atoms. The fourth-order valence-corrected chi connectivity index (χ4v) is 8.33. The Morgan fingerprint density at radius 3 is 1.35 bits per heavy atom. The van der Waals surface area contributed by atoms with E-state index in [-0.39, 0.29) is 0 Å². The molecule has 0 unspecified atom stereocenters. The maximum absolute atomic E-state index is 5.33. The third kappa shape index (κ3) is 5.66. The molecule has 11 aromatic rings. The summed E-state index contributed by atoms with van der Waals surface area (Å²) in [5, 5.41) is 7.33. The average Bonchev–Trinajstić information content (AvgIpc) is 3.65. The quantitative estimate of drug-likeness (QED) is 0.171. The van der Waals surface area contributed by atoms with Crippen molar-refractivity contribution in [3.8, 4) is 62.1 Å². The molecule has 0 amide bonds. The van der Waals surface area contributed by atoms with Crippen LogP contribution in [0, 0.1) is 0 Å². The van der Waals surface area contributed by atoms with E-state index in [1.165, 1.54) is 32.3 Å². The van der Waals surface area contributed by atoms with Crippen molar-refractivity contribution in [2.75, 3.05) is 0 Å². The first kappa shape index (κ1) is 32.7. The first-order valence-corrected chi connectivity index (χ1v) is 19.3. The molecule has 57 heavy (non-hydrogen) atoms. The predicted molar refractivity (Wildman–Crippen MR) is 236 cm³/mol. The van der Waals surface area contributed by atoms with Crippen LogP contribution in [0.1, 0.15) is 0 Å². The maximum Gasteiger partial charge on any atom is 0.166 e. The van der Waals surface area contributed by atoms with Gasteiger partial charge in [-0.25, -0.2) is 15.0 Å². The number of rotatable bonds is 6. The van der Waals surface area contributed by atoms with Crippen LogP contribution in [-0.2, 0) is 0 Å². The number of benzene rings is 9. The summed E-state index contributed by atoms with van der Waals surface area (Å²) in [4.78, 5) is 15.7. The monoisotopic (exact) mass is 726 g/mol. The lowest BCUT2D eigenvalue weighted by Gasteiger charge is -2.17. The third-order valence-electron chi connectivity index (χ3n) is 11.0. The maximum atomic E-state index is 5.33. The molecule has 0 saturated heterocycles. The van der Waals surface area contributed by atoms with Gasteiger partial charge >= 0.3 is 0 Å². The van der Waals surface area contributed by atoms with Crippen molar-refractivity contribution in [2.45, 2.75) is 0 Å². The van der Waals surface area contributed by atoms with E-state index in [4.69, 9.17) is 15.0 Å². The van der Waals surface area contributed by atoms with Crippen molar-refractivity contribution in [3.63, 3.8) is 0 Å². The zero-order chi connectivity index (χ0) is 37.7. The number of aromatic nitrogens is 4. The Labute approximate surface area is 330 Å². The SMILES string of the molecule is c1ccc(-c2cccc(-c3nc(-c4ccccc4)nc(-c4ccc(-c5ccccc5)cc4-n4c5ccc6ccccc6c5c5c6ccccc6ccc54)n3)c2)cc1. The van der Waals surface area contributed by atoms with Gasteiger partial charge in [0.2, 0.25) is 0 Å². The highest BCUT2D eigenvalue weighted by atomic mass is 15.1. The predicted octanol–water partition coefficient (Wildman–Crippen LogP) is 13.6. The fourth-order valence-electron chi connectivity index (χ4n) is 8.33. The first-order chi connectivity index (χ1) is 28.3. The molecule has 0 aliphatic carbocycles. The molecule has 4 heteroatoms. The van der Waals surface area contributed by atoms with Crippen molar-refractivity contribution >= 4 is 43.4 Å². The molecule has 0 saturated carbocycles. The van der Waals surface area contributed by atoms with E-state index in [9.17, 15) is 0 Å². The van der Waals surface area contributed by atoms with Gasteiger partial charge < -0.3 is 4.57 Å². The first-order valence-electron chi connectivity index (χ1n) is 19.3. The van der Waals surface area contributed by atoms with Gasteiger partial charge in [0.25, 0.3) is 0 Å². The molecule has 11 rings (SSSR count). The van der Waals surface area contributed by atoms with Crippen LogP contribution in [0.15, 0.2) is 206 Å². The highest BCUT2D eigenvalue weighted by Crippen LogP contribution is 2.43. The van der Waals surface area contributed by atoms with Crippen LogP contribution in [0.3, 0.4) is 0 Å². The molecule has 9 aromatic carbocycles. The van der Waals surface area contributed by atoms with Gasteiger partial charge in [-0.3, -0.25) is 0 Å². The van der Waals surface area contributed by atoms with E-state index < -0.39 is 0 Å². The summed E-state index contributed by atoms with van der Waals surface area (Å²) >= 11 is 0. The summed E-state index contributed by atoms with van der Waals surface area (Å²) in [5.41, 5.74) is 10.5. The van der Waals surface area contributed by atoms with E-state index >= 15 is 0 Å². The number of hydrogen-bond donors (Lipinski definition) is 0. The highest BCUT2D eigenvalue weighted by molar-refractivity contribution is 6.28. The van der Waals surface area contributed by atoms with Crippen LogP contribution in [0.2, 0.25) is 0 Å². The minimum absolute atomic E-state index is 0.607. The molecule has 2 aromatic heterocycles. The molecule has 0 aliphatic heterocycles. The Bertz CT molecular complexity index is 3190. The molecule has 266 valence electrons. The largest absolute Gasteiger partial charge is 0.308 e. The number of hydrogen-bond acceptors (Lipinski definition) is 3. The Morgan fingerprint density at radius 1 is 0.298 bits per heavy atom. The molecule has 4 nitrogen and oxygen atoms in total. The van der Waals surface area contributed by atoms with Gasteiger partial charge in [0, 0.05) is 27.5 Å². The summed E-state index contributed by atoms with van der Waals surface area (Å²) in [6.07, 6.45) is 0. The highest BCUT2D eigenvalue weighted by Gasteiger charge is 2.22.